The number of methoxy groups -OCH3 is 1. The van der Waals surface area contributed by atoms with E-state index in [1.54, 1.807) is 47.1 Å². The van der Waals surface area contributed by atoms with Crippen molar-refractivity contribution in [2.75, 3.05) is 23.4 Å². The van der Waals surface area contributed by atoms with Crippen LogP contribution >= 0.6 is 34.5 Å². The van der Waals surface area contributed by atoms with Gasteiger partial charge in [-0.3, -0.25) is 12.7 Å². The third kappa shape index (κ3) is 4.78. The molecule has 0 radical (unpaired) electrons. The average Bonchev–Trinajstić information content (AvgIpc) is 2.60. The van der Waals surface area contributed by atoms with Crippen LogP contribution in [0.4, 0.5) is 20.2 Å². The molecule has 0 fully saturated rings. The molecule has 0 spiro atoms. The number of hydroxylamine groups is 1. The SMILES string of the molecule is COCCONC(=O)c1ccc(F)c(F)c1N(I)c1ccccc1Cl. The van der Waals surface area contributed by atoms with E-state index in [4.69, 9.17) is 21.2 Å². The minimum absolute atomic E-state index is 0.106. The lowest BCUT2D eigenvalue weighted by molar-refractivity contribution is 0.00891. The molecule has 134 valence electrons. The molecule has 5 nitrogen and oxygen atoms in total. The van der Waals surface area contributed by atoms with Crippen LogP contribution in [0.2, 0.25) is 5.02 Å². The Bertz CT molecular complexity index is 764. The van der Waals surface area contributed by atoms with E-state index in [0.717, 1.165) is 6.07 Å². The summed E-state index contributed by atoms with van der Waals surface area (Å²) >= 11 is 7.86. The van der Waals surface area contributed by atoms with Crippen LogP contribution in [-0.4, -0.2) is 26.2 Å². The van der Waals surface area contributed by atoms with Crippen LogP contribution in [0.3, 0.4) is 0 Å². The Morgan fingerprint density at radius 2 is 1.96 bits per heavy atom. The van der Waals surface area contributed by atoms with E-state index in [9.17, 15) is 13.6 Å². The van der Waals surface area contributed by atoms with Gasteiger partial charge in [-0.2, -0.15) is 0 Å². The molecule has 0 unspecified atom stereocenters. The number of benzene rings is 2. The van der Waals surface area contributed by atoms with E-state index >= 15 is 0 Å². The molecule has 1 N–H and O–H groups in total. The zero-order chi connectivity index (χ0) is 18.4. The molecule has 0 heterocycles. The zero-order valence-corrected chi connectivity index (χ0v) is 16.0. The molecule has 0 saturated heterocycles. The average molecular weight is 483 g/mol. The van der Waals surface area contributed by atoms with Gasteiger partial charge in [0.15, 0.2) is 11.6 Å². The molecule has 2 rings (SSSR count). The number of para-hydroxylation sites is 1. The quantitative estimate of drug-likeness (QED) is 0.275. The van der Waals surface area contributed by atoms with Gasteiger partial charge >= 0.3 is 0 Å². The van der Waals surface area contributed by atoms with Gasteiger partial charge in [-0.1, -0.05) is 23.7 Å². The highest BCUT2D eigenvalue weighted by Gasteiger charge is 2.24. The molecule has 0 saturated carbocycles. The summed E-state index contributed by atoms with van der Waals surface area (Å²) < 4.78 is 34.2. The third-order valence-corrected chi connectivity index (χ3v) is 4.45. The predicted molar refractivity (Wildman–Crippen MR) is 99.3 cm³/mol. The maximum absolute atomic E-state index is 14.4. The number of halogens is 4. The highest BCUT2D eigenvalue weighted by Crippen LogP contribution is 2.39. The largest absolute Gasteiger partial charge is 0.382 e. The Balaban J connectivity index is 2.37. The van der Waals surface area contributed by atoms with Gasteiger partial charge in [-0.15, -0.1) is 0 Å². The van der Waals surface area contributed by atoms with Gasteiger partial charge in [-0.25, -0.2) is 14.3 Å². The van der Waals surface area contributed by atoms with Crippen molar-refractivity contribution in [3.8, 4) is 0 Å². The van der Waals surface area contributed by atoms with Crippen LogP contribution in [0.1, 0.15) is 10.4 Å². The molecular formula is C16H14ClF2IN2O3. The lowest BCUT2D eigenvalue weighted by Gasteiger charge is -2.21. The molecule has 0 aliphatic heterocycles. The molecule has 0 atom stereocenters. The minimum atomic E-state index is -1.17. The van der Waals surface area contributed by atoms with Crippen LogP contribution in [0.25, 0.3) is 0 Å². The number of amides is 1. The maximum Gasteiger partial charge on any atom is 0.277 e. The predicted octanol–water partition coefficient (Wildman–Crippen LogP) is 4.41. The summed E-state index contributed by atoms with van der Waals surface area (Å²) in [5.41, 5.74) is 2.21. The molecule has 0 aliphatic rings. The van der Waals surface area contributed by atoms with E-state index in [1.807, 2.05) is 0 Å². The third-order valence-electron chi connectivity index (χ3n) is 3.13. The smallest absolute Gasteiger partial charge is 0.277 e. The summed E-state index contributed by atoms with van der Waals surface area (Å²) in [4.78, 5) is 17.2. The fraction of sp³-hybridized carbons (Fsp3) is 0.188. The number of hydrogen-bond donors (Lipinski definition) is 1. The maximum atomic E-state index is 14.4. The number of carbonyl (C=O) groups excluding carboxylic acids is 1. The monoisotopic (exact) mass is 482 g/mol. The second-order valence-corrected chi connectivity index (χ2v) is 6.13. The number of carbonyl (C=O) groups is 1. The summed E-state index contributed by atoms with van der Waals surface area (Å²) in [5, 5.41) is 0.322. The number of hydrogen-bond acceptors (Lipinski definition) is 4. The van der Waals surface area contributed by atoms with Crippen molar-refractivity contribution in [2.45, 2.75) is 0 Å². The summed E-state index contributed by atoms with van der Waals surface area (Å²) in [6.07, 6.45) is 0. The molecule has 2 aromatic rings. The fourth-order valence-corrected chi connectivity index (χ4v) is 3.20. The summed E-state index contributed by atoms with van der Waals surface area (Å²) in [6.45, 7) is 0.378. The zero-order valence-electron chi connectivity index (χ0n) is 13.1. The highest BCUT2D eigenvalue weighted by molar-refractivity contribution is 14.1. The highest BCUT2D eigenvalue weighted by atomic mass is 127. The molecule has 25 heavy (non-hydrogen) atoms. The van der Waals surface area contributed by atoms with E-state index in [1.165, 1.54) is 16.3 Å². The first-order chi connectivity index (χ1) is 12.0. The van der Waals surface area contributed by atoms with E-state index in [-0.39, 0.29) is 24.5 Å². The van der Waals surface area contributed by atoms with Gasteiger partial charge in [0.2, 0.25) is 0 Å². The van der Waals surface area contributed by atoms with Crippen molar-refractivity contribution in [3.63, 3.8) is 0 Å². The van der Waals surface area contributed by atoms with Crippen LogP contribution in [0.15, 0.2) is 36.4 Å². The summed E-state index contributed by atoms with van der Waals surface area (Å²) in [7, 11) is 1.48. The second-order valence-electron chi connectivity index (χ2n) is 4.76. The number of anilines is 2. The Morgan fingerprint density at radius 3 is 2.64 bits per heavy atom. The Labute approximate surface area is 162 Å². The van der Waals surface area contributed by atoms with E-state index in [0.29, 0.717) is 10.7 Å². The fourth-order valence-electron chi connectivity index (χ4n) is 1.94. The Kier molecular flexibility index (Phi) is 7.36. The van der Waals surface area contributed by atoms with Gasteiger partial charge in [-0.05, 0) is 24.3 Å². The first-order valence-electron chi connectivity index (χ1n) is 7.07. The molecule has 0 bridgehead atoms. The van der Waals surface area contributed by atoms with Crippen LogP contribution in [0.5, 0.6) is 0 Å². The number of ether oxygens (including phenoxy) is 1. The molecule has 2 aromatic carbocycles. The second kappa shape index (κ2) is 9.27. The van der Waals surface area contributed by atoms with Crippen molar-refractivity contribution in [2.24, 2.45) is 0 Å². The van der Waals surface area contributed by atoms with Crippen molar-refractivity contribution in [1.82, 2.24) is 5.48 Å². The first-order valence-corrected chi connectivity index (χ1v) is 8.41. The molecular weight excluding hydrogens is 469 g/mol. The van der Waals surface area contributed by atoms with Gasteiger partial charge in [0.1, 0.15) is 5.69 Å². The molecule has 0 aromatic heterocycles. The molecule has 9 heteroatoms. The molecule has 0 aliphatic carbocycles. The van der Waals surface area contributed by atoms with Crippen LogP contribution in [0, 0.1) is 11.6 Å². The minimum Gasteiger partial charge on any atom is -0.382 e. The summed E-state index contributed by atoms with van der Waals surface area (Å²) in [5.74, 6) is -2.97. The van der Waals surface area contributed by atoms with Crippen molar-refractivity contribution >= 4 is 51.7 Å². The standard InChI is InChI=1S/C16H14ClF2IN2O3/c1-24-8-9-25-21-16(23)10-6-7-12(18)14(19)15(10)22(20)13-5-3-2-4-11(13)17/h2-7H,8-9H2,1H3,(H,21,23). The number of rotatable bonds is 7. The Hall–Kier alpha value is -1.49. The first kappa shape index (κ1) is 19.8. The number of nitrogens with one attached hydrogen (secondary N) is 1. The topological polar surface area (TPSA) is 50.8 Å². The number of nitrogens with zero attached hydrogens (tertiary/aromatic N) is 1. The van der Waals surface area contributed by atoms with E-state index in [2.05, 4.69) is 5.48 Å². The van der Waals surface area contributed by atoms with Gasteiger partial charge in [0, 0.05) is 7.11 Å². The van der Waals surface area contributed by atoms with Crippen molar-refractivity contribution in [3.05, 3.63) is 58.6 Å². The summed E-state index contributed by atoms with van der Waals surface area (Å²) in [6, 6.07) is 8.67. The van der Waals surface area contributed by atoms with E-state index < -0.39 is 17.5 Å². The van der Waals surface area contributed by atoms with Crippen molar-refractivity contribution in [1.29, 1.82) is 0 Å². The van der Waals surface area contributed by atoms with Crippen LogP contribution < -0.4 is 8.59 Å². The molecule has 1 amide bonds. The Morgan fingerprint density at radius 1 is 1.24 bits per heavy atom. The van der Waals surface area contributed by atoms with Gasteiger partial charge < -0.3 is 4.74 Å². The van der Waals surface area contributed by atoms with Crippen molar-refractivity contribution < 1.29 is 23.1 Å². The lowest BCUT2D eigenvalue weighted by Crippen LogP contribution is -2.27. The normalized spacial score (nSPS) is 10.6. The van der Waals surface area contributed by atoms with Gasteiger partial charge in [0.05, 0.1) is 52.4 Å². The van der Waals surface area contributed by atoms with Gasteiger partial charge in [0.25, 0.3) is 5.91 Å². The lowest BCUT2D eigenvalue weighted by atomic mass is 10.1. The van der Waals surface area contributed by atoms with Crippen LogP contribution in [-0.2, 0) is 9.57 Å².